The molecule has 0 saturated carbocycles. The van der Waals surface area contributed by atoms with Gasteiger partial charge in [0.05, 0.1) is 33.3 Å². The molecule has 4 rings (SSSR count). The quantitative estimate of drug-likeness (QED) is 0.372. The Labute approximate surface area is 264 Å². The number of nitrogens with zero attached hydrogens (tertiary/aromatic N) is 2. The number of rotatable bonds is 11. The van der Waals surface area contributed by atoms with Crippen molar-refractivity contribution in [2.45, 2.75) is 52.7 Å². The van der Waals surface area contributed by atoms with Gasteiger partial charge >= 0.3 is 12.1 Å². The third kappa shape index (κ3) is 7.41. The van der Waals surface area contributed by atoms with Gasteiger partial charge in [0.2, 0.25) is 11.8 Å². The monoisotopic (exact) mass is 621 g/mol. The number of likely N-dealkylation sites (tertiary alicyclic amines) is 1. The van der Waals surface area contributed by atoms with Crippen LogP contribution in [0.2, 0.25) is 0 Å². The molecule has 1 saturated heterocycles. The minimum Gasteiger partial charge on any atom is -0.497 e. The summed E-state index contributed by atoms with van der Waals surface area (Å²) in [6, 6.07) is 14.8. The SMILES string of the molecule is CCOC(=O)[C@@]12CN(C(=O)OC(C)(C)C)CC=C1N(Cc1ccc(OC)cc1)C(=O)[C@H]2CC(=O)NCCc1ccccc1OC. The van der Waals surface area contributed by atoms with Crippen LogP contribution >= 0.6 is 0 Å². The highest BCUT2D eigenvalue weighted by molar-refractivity contribution is 5.99. The van der Waals surface area contributed by atoms with Gasteiger partial charge in [0.1, 0.15) is 22.5 Å². The molecule has 45 heavy (non-hydrogen) atoms. The van der Waals surface area contributed by atoms with Gasteiger partial charge in [0, 0.05) is 31.8 Å². The summed E-state index contributed by atoms with van der Waals surface area (Å²) in [6.45, 7) is 7.42. The smallest absolute Gasteiger partial charge is 0.410 e. The largest absolute Gasteiger partial charge is 0.497 e. The molecule has 2 aromatic carbocycles. The van der Waals surface area contributed by atoms with E-state index in [-0.39, 0.29) is 32.7 Å². The Hall–Kier alpha value is -4.54. The number of hydrogen-bond acceptors (Lipinski definition) is 8. The summed E-state index contributed by atoms with van der Waals surface area (Å²) in [5.41, 5.74) is -0.219. The summed E-state index contributed by atoms with van der Waals surface area (Å²) in [7, 11) is 3.16. The van der Waals surface area contributed by atoms with E-state index in [1.807, 2.05) is 36.4 Å². The van der Waals surface area contributed by atoms with Crippen molar-refractivity contribution >= 4 is 23.9 Å². The van der Waals surface area contributed by atoms with Crippen molar-refractivity contribution in [1.29, 1.82) is 0 Å². The van der Waals surface area contributed by atoms with Crippen molar-refractivity contribution < 1.29 is 38.1 Å². The Balaban J connectivity index is 1.66. The van der Waals surface area contributed by atoms with Gasteiger partial charge in [-0.15, -0.1) is 0 Å². The van der Waals surface area contributed by atoms with Gasteiger partial charge in [0.25, 0.3) is 0 Å². The average Bonchev–Trinajstić information content (AvgIpc) is 3.24. The lowest BCUT2D eigenvalue weighted by Crippen LogP contribution is -2.54. The van der Waals surface area contributed by atoms with Crippen LogP contribution in [0, 0.1) is 11.3 Å². The molecule has 0 aromatic heterocycles. The van der Waals surface area contributed by atoms with E-state index in [4.69, 9.17) is 18.9 Å². The molecule has 1 N–H and O–H groups in total. The number of nitrogens with one attached hydrogen (secondary N) is 1. The first-order chi connectivity index (χ1) is 21.4. The summed E-state index contributed by atoms with van der Waals surface area (Å²) in [4.78, 5) is 57.8. The fourth-order valence-electron chi connectivity index (χ4n) is 5.86. The van der Waals surface area contributed by atoms with Gasteiger partial charge in [0.15, 0.2) is 0 Å². The van der Waals surface area contributed by atoms with Crippen molar-refractivity contribution in [2.24, 2.45) is 11.3 Å². The Morgan fingerprint density at radius 1 is 1.02 bits per heavy atom. The molecular formula is C34H43N3O8. The topological polar surface area (TPSA) is 124 Å². The maximum atomic E-state index is 14.3. The number of carbonyl (C=O) groups excluding carboxylic acids is 4. The summed E-state index contributed by atoms with van der Waals surface area (Å²) in [5, 5.41) is 2.90. The molecule has 11 heteroatoms. The van der Waals surface area contributed by atoms with Crippen LogP contribution in [0.15, 0.2) is 60.3 Å². The summed E-state index contributed by atoms with van der Waals surface area (Å²) >= 11 is 0. The molecule has 2 aliphatic rings. The van der Waals surface area contributed by atoms with Crippen LogP contribution in [-0.2, 0) is 36.8 Å². The predicted molar refractivity (Wildman–Crippen MR) is 166 cm³/mol. The third-order valence-electron chi connectivity index (χ3n) is 7.94. The summed E-state index contributed by atoms with van der Waals surface area (Å²) in [6.07, 6.45) is 1.31. The standard InChI is InChI=1S/C34H43N3O8/c1-7-44-31(40)34-22-36(32(41)45-33(2,3)4)19-17-28(34)37(21-23-12-14-25(42-5)15-13-23)30(39)26(34)20-29(38)35-18-16-24-10-8-9-11-27(24)43-6/h8-15,17,26H,7,16,18-22H2,1-6H3,(H,35,38)/t26-,34-/m1/s1. The minimum absolute atomic E-state index is 0.0603. The van der Waals surface area contributed by atoms with Crippen molar-refractivity contribution in [1.82, 2.24) is 15.1 Å². The first-order valence-corrected chi connectivity index (χ1v) is 15.1. The van der Waals surface area contributed by atoms with Crippen molar-refractivity contribution in [2.75, 3.05) is 40.5 Å². The van der Waals surface area contributed by atoms with Gasteiger partial charge in [-0.25, -0.2) is 4.79 Å². The van der Waals surface area contributed by atoms with Gasteiger partial charge in [-0.1, -0.05) is 30.3 Å². The van der Waals surface area contributed by atoms with E-state index in [0.717, 1.165) is 11.1 Å². The third-order valence-corrected chi connectivity index (χ3v) is 7.94. The fraction of sp³-hybridized carbons (Fsp3) is 0.471. The van der Waals surface area contributed by atoms with E-state index < -0.39 is 40.8 Å². The molecule has 242 valence electrons. The fourth-order valence-corrected chi connectivity index (χ4v) is 5.86. The van der Waals surface area contributed by atoms with Crippen molar-refractivity contribution in [3.63, 3.8) is 0 Å². The number of esters is 1. The highest BCUT2D eigenvalue weighted by Gasteiger charge is 2.64. The molecular weight excluding hydrogens is 578 g/mol. The van der Waals surface area contributed by atoms with E-state index in [1.54, 1.807) is 60.1 Å². The van der Waals surface area contributed by atoms with Gasteiger partial charge < -0.3 is 34.1 Å². The zero-order valence-electron chi connectivity index (χ0n) is 26.9. The van der Waals surface area contributed by atoms with Gasteiger partial charge in [-0.05, 0) is 69.5 Å². The lowest BCUT2D eigenvalue weighted by Gasteiger charge is -2.40. The van der Waals surface area contributed by atoms with Crippen LogP contribution in [0.3, 0.4) is 0 Å². The molecule has 0 unspecified atom stereocenters. The Morgan fingerprint density at radius 2 is 1.73 bits per heavy atom. The predicted octanol–water partition coefficient (Wildman–Crippen LogP) is 4.10. The molecule has 2 aliphatic heterocycles. The maximum Gasteiger partial charge on any atom is 0.410 e. The molecule has 2 heterocycles. The molecule has 3 amide bonds. The second-order valence-corrected chi connectivity index (χ2v) is 12.1. The zero-order chi connectivity index (χ0) is 32.8. The number of benzene rings is 2. The number of hydrogen-bond donors (Lipinski definition) is 1. The molecule has 11 nitrogen and oxygen atoms in total. The molecule has 0 spiro atoms. The maximum absolute atomic E-state index is 14.3. The zero-order valence-corrected chi connectivity index (χ0v) is 26.9. The highest BCUT2D eigenvalue weighted by atomic mass is 16.6. The van der Waals surface area contributed by atoms with Gasteiger partial charge in [-0.3, -0.25) is 14.4 Å². The molecule has 0 bridgehead atoms. The normalized spacial score (nSPS) is 19.4. The summed E-state index contributed by atoms with van der Waals surface area (Å²) in [5.74, 6) is -1.19. The van der Waals surface area contributed by atoms with E-state index >= 15 is 0 Å². The number of amides is 3. The van der Waals surface area contributed by atoms with Crippen LogP contribution in [0.25, 0.3) is 0 Å². The minimum atomic E-state index is -1.60. The molecule has 0 aliphatic carbocycles. The molecule has 1 fully saturated rings. The number of methoxy groups -OCH3 is 2. The van der Waals surface area contributed by atoms with E-state index in [0.29, 0.717) is 30.2 Å². The Morgan fingerprint density at radius 3 is 2.38 bits per heavy atom. The first-order valence-electron chi connectivity index (χ1n) is 15.1. The molecule has 0 radical (unpaired) electrons. The van der Waals surface area contributed by atoms with Crippen LogP contribution in [-0.4, -0.2) is 79.7 Å². The Kier molecular flexibility index (Phi) is 10.4. The van der Waals surface area contributed by atoms with E-state index in [2.05, 4.69) is 5.32 Å². The van der Waals surface area contributed by atoms with Crippen molar-refractivity contribution in [3.05, 3.63) is 71.4 Å². The lowest BCUT2D eigenvalue weighted by molar-refractivity contribution is -0.158. The number of fused-ring (bicyclic) bond motifs is 1. The van der Waals surface area contributed by atoms with E-state index in [1.165, 1.54) is 9.80 Å². The highest BCUT2D eigenvalue weighted by Crippen LogP contribution is 2.51. The number of carbonyl (C=O) groups is 4. The van der Waals surface area contributed by atoms with Crippen molar-refractivity contribution in [3.8, 4) is 11.5 Å². The van der Waals surface area contributed by atoms with Crippen LogP contribution < -0.4 is 14.8 Å². The van der Waals surface area contributed by atoms with Gasteiger partial charge in [-0.2, -0.15) is 0 Å². The molecule has 2 aromatic rings. The molecule has 2 atom stereocenters. The number of ether oxygens (including phenoxy) is 4. The second kappa shape index (κ2) is 14.0. The average molecular weight is 622 g/mol. The van der Waals surface area contributed by atoms with E-state index in [9.17, 15) is 19.2 Å². The van der Waals surface area contributed by atoms with Crippen LogP contribution in [0.1, 0.15) is 45.2 Å². The first kappa shape index (κ1) is 33.4. The lowest BCUT2D eigenvalue weighted by atomic mass is 9.71. The second-order valence-electron chi connectivity index (χ2n) is 12.1. The number of para-hydroxylation sites is 1. The van der Waals surface area contributed by atoms with Crippen LogP contribution in [0.4, 0.5) is 4.79 Å². The summed E-state index contributed by atoms with van der Waals surface area (Å²) < 4.78 is 21.9. The van der Waals surface area contributed by atoms with Crippen LogP contribution in [0.5, 0.6) is 11.5 Å². The Bertz CT molecular complexity index is 1430.